The average molecular weight is 362 g/mol. The van der Waals surface area contributed by atoms with Crippen LogP contribution in [0.5, 0.6) is 0 Å². The van der Waals surface area contributed by atoms with Gasteiger partial charge in [-0.3, -0.25) is 9.69 Å². The second kappa shape index (κ2) is 7.13. The first-order chi connectivity index (χ1) is 12.6. The third-order valence-corrected chi connectivity index (χ3v) is 5.79. The maximum atomic E-state index is 12.8. The molecule has 4 rings (SSSR count). The van der Waals surface area contributed by atoms with Crippen molar-refractivity contribution >= 4 is 5.97 Å². The zero-order valence-electron chi connectivity index (χ0n) is 15.0. The molecule has 1 saturated carbocycles. The lowest BCUT2D eigenvalue weighted by Gasteiger charge is -2.32. The maximum absolute atomic E-state index is 12.8. The average Bonchev–Trinajstić information content (AvgIpc) is 2.90. The summed E-state index contributed by atoms with van der Waals surface area (Å²) in [6.45, 7) is 3.56. The molecule has 2 fully saturated rings. The van der Waals surface area contributed by atoms with Crippen molar-refractivity contribution in [2.75, 3.05) is 32.8 Å². The molecular formula is C19H26N2O5. The minimum absolute atomic E-state index is 0.160. The van der Waals surface area contributed by atoms with Crippen molar-refractivity contribution in [2.45, 2.75) is 50.4 Å². The predicted octanol–water partition coefficient (Wildman–Crippen LogP) is 0.871. The Morgan fingerprint density at radius 3 is 2.58 bits per heavy atom. The molecule has 3 aliphatic rings. The lowest BCUT2D eigenvalue weighted by atomic mass is 9.80. The first kappa shape index (κ1) is 17.7. The molecule has 0 radical (unpaired) electrons. The number of aliphatic hydroxyl groups excluding tert-OH is 1. The van der Waals surface area contributed by atoms with Gasteiger partial charge in [0.15, 0.2) is 0 Å². The van der Waals surface area contributed by atoms with E-state index >= 15 is 0 Å². The van der Waals surface area contributed by atoms with Crippen LogP contribution < -0.4 is 5.56 Å². The van der Waals surface area contributed by atoms with Gasteiger partial charge >= 0.3 is 5.97 Å². The molecule has 1 atom stereocenters. The molecule has 1 saturated heterocycles. The molecule has 1 unspecified atom stereocenters. The van der Waals surface area contributed by atoms with Crippen LogP contribution in [0.1, 0.15) is 48.0 Å². The highest BCUT2D eigenvalue weighted by molar-refractivity contribution is 5.94. The van der Waals surface area contributed by atoms with Crippen LogP contribution in [-0.2, 0) is 21.6 Å². The Morgan fingerprint density at radius 1 is 1.12 bits per heavy atom. The number of pyridine rings is 1. The van der Waals surface area contributed by atoms with E-state index in [1.165, 1.54) is 4.57 Å². The first-order valence-corrected chi connectivity index (χ1v) is 9.54. The van der Waals surface area contributed by atoms with E-state index in [4.69, 9.17) is 9.47 Å². The highest BCUT2D eigenvalue weighted by Gasteiger charge is 2.47. The summed E-state index contributed by atoms with van der Waals surface area (Å²) in [5.74, 6) is -0.510. The van der Waals surface area contributed by atoms with Gasteiger partial charge in [-0.1, -0.05) is 6.42 Å². The molecule has 1 N–H and O–H groups in total. The lowest BCUT2D eigenvalue weighted by molar-refractivity contribution is -0.0280. The highest BCUT2D eigenvalue weighted by Crippen LogP contribution is 2.45. The fourth-order valence-electron chi connectivity index (χ4n) is 4.44. The number of morpholine rings is 1. The third-order valence-electron chi connectivity index (χ3n) is 5.79. The topological polar surface area (TPSA) is 81.0 Å². The summed E-state index contributed by atoms with van der Waals surface area (Å²) in [6.07, 6.45) is 5.75. The summed E-state index contributed by atoms with van der Waals surface area (Å²) in [7, 11) is 0. The molecule has 1 aromatic rings. The summed E-state index contributed by atoms with van der Waals surface area (Å²) in [5.41, 5.74) is -0.0509. The minimum atomic E-state index is -0.676. The molecule has 0 aromatic carbocycles. The standard InChI is InChI=1S/C19H26N2O5/c22-14(12-20-8-10-25-11-9-20)13-21-7-4-15-16(17(21)23)18(24)26-19(15)5-2-1-3-6-19/h4,7,14,22H,1-3,5-6,8-13H2. The fraction of sp³-hybridized carbons (Fsp3) is 0.684. The summed E-state index contributed by atoms with van der Waals surface area (Å²) >= 11 is 0. The van der Waals surface area contributed by atoms with Crippen LogP contribution in [0, 0.1) is 0 Å². The molecule has 0 amide bonds. The van der Waals surface area contributed by atoms with Gasteiger partial charge < -0.3 is 19.1 Å². The Morgan fingerprint density at radius 2 is 1.85 bits per heavy atom. The third kappa shape index (κ3) is 3.19. The van der Waals surface area contributed by atoms with E-state index in [1.54, 1.807) is 6.20 Å². The van der Waals surface area contributed by atoms with Gasteiger partial charge in [0.2, 0.25) is 0 Å². The Kier molecular flexibility index (Phi) is 4.86. The van der Waals surface area contributed by atoms with Crippen LogP contribution in [0.2, 0.25) is 0 Å². The summed E-state index contributed by atoms with van der Waals surface area (Å²) in [5, 5.41) is 10.4. The quantitative estimate of drug-likeness (QED) is 0.801. The van der Waals surface area contributed by atoms with Crippen LogP contribution in [0.25, 0.3) is 0 Å². The number of hydrogen-bond donors (Lipinski definition) is 1. The number of carbonyl (C=O) groups is 1. The largest absolute Gasteiger partial charge is 0.450 e. The Hall–Kier alpha value is -1.70. The minimum Gasteiger partial charge on any atom is -0.450 e. The van der Waals surface area contributed by atoms with Crippen LogP contribution in [0.15, 0.2) is 17.1 Å². The van der Waals surface area contributed by atoms with Gasteiger partial charge in [-0.15, -0.1) is 0 Å². The number of esters is 1. The molecule has 0 bridgehead atoms. The molecule has 142 valence electrons. The van der Waals surface area contributed by atoms with Gasteiger partial charge in [0, 0.05) is 31.4 Å². The van der Waals surface area contributed by atoms with Gasteiger partial charge in [-0.25, -0.2) is 4.79 Å². The fourth-order valence-corrected chi connectivity index (χ4v) is 4.44. The van der Waals surface area contributed by atoms with E-state index in [0.29, 0.717) is 19.8 Å². The van der Waals surface area contributed by atoms with E-state index < -0.39 is 17.7 Å². The smallest absolute Gasteiger partial charge is 0.345 e. The van der Waals surface area contributed by atoms with Crippen molar-refractivity contribution in [3.63, 3.8) is 0 Å². The van der Waals surface area contributed by atoms with Crippen LogP contribution >= 0.6 is 0 Å². The Balaban J connectivity index is 1.53. The van der Waals surface area contributed by atoms with Crippen molar-refractivity contribution in [1.82, 2.24) is 9.47 Å². The number of ether oxygens (including phenoxy) is 2. The molecule has 1 spiro atoms. The molecule has 1 aliphatic carbocycles. The molecule has 7 nitrogen and oxygen atoms in total. The SMILES string of the molecule is O=C1OC2(CCCCC2)c2ccn(CC(O)CN3CCOCC3)c(=O)c21. The Labute approximate surface area is 152 Å². The highest BCUT2D eigenvalue weighted by atomic mass is 16.6. The van der Waals surface area contributed by atoms with E-state index in [0.717, 1.165) is 50.8 Å². The predicted molar refractivity (Wildman–Crippen MR) is 94.1 cm³/mol. The molecule has 3 heterocycles. The second-order valence-electron chi connectivity index (χ2n) is 7.57. The summed E-state index contributed by atoms with van der Waals surface area (Å²) in [6, 6.07) is 1.84. The van der Waals surface area contributed by atoms with E-state index in [9.17, 15) is 14.7 Å². The van der Waals surface area contributed by atoms with Crippen LogP contribution in [0.3, 0.4) is 0 Å². The zero-order chi connectivity index (χ0) is 18.1. The van der Waals surface area contributed by atoms with Crippen molar-refractivity contribution in [1.29, 1.82) is 0 Å². The van der Waals surface area contributed by atoms with Crippen molar-refractivity contribution in [2.24, 2.45) is 0 Å². The maximum Gasteiger partial charge on any atom is 0.345 e. The number of carbonyl (C=O) groups excluding carboxylic acids is 1. The zero-order valence-corrected chi connectivity index (χ0v) is 15.0. The molecule has 7 heteroatoms. The monoisotopic (exact) mass is 362 g/mol. The normalized spacial score (nSPS) is 23.7. The lowest BCUT2D eigenvalue weighted by Crippen LogP contribution is -2.43. The molecule has 26 heavy (non-hydrogen) atoms. The van der Waals surface area contributed by atoms with Gasteiger partial charge in [0.1, 0.15) is 11.2 Å². The van der Waals surface area contributed by atoms with Gasteiger partial charge in [0.05, 0.1) is 25.9 Å². The van der Waals surface area contributed by atoms with E-state index in [-0.39, 0.29) is 17.7 Å². The van der Waals surface area contributed by atoms with Crippen molar-refractivity contribution < 1.29 is 19.4 Å². The molecule has 1 aromatic heterocycles. The summed E-state index contributed by atoms with van der Waals surface area (Å²) in [4.78, 5) is 27.4. The van der Waals surface area contributed by atoms with Crippen molar-refractivity contribution in [3.8, 4) is 0 Å². The van der Waals surface area contributed by atoms with Crippen molar-refractivity contribution in [3.05, 3.63) is 33.7 Å². The number of rotatable bonds is 4. The number of fused-ring (bicyclic) bond motifs is 2. The number of aromatic nitrogens is 1. The Bertz CT molecular complexity index is 732. The first-order valence-electron chi connectivity index (χ1n) is 9.54. The van der Waals surface area contributed by atoms with Gasteiger partial charge in [0.25, 0.3) is 5.56 Å². The van der Waals surface area contributed by atoms with Gasteiger partial charge in [-0.2, -0.15) is 0 Å². The van der Waals surface area contributed by atoms with E-state index in [2.05, 4.69) is 4.90 Å². The number of aliphatic hydroxyl groups is 1. The number of hydrogen-bond acceptors (Lipinski definition) is 6. The second-order valence-corrected chi connectivity index (χ2v) is 7.57. The molecule has 2 aliphatic heterocycles. The van der Waals surface area contributed by atoms with Gasteiger partial charge in [-0.05, 0) is 31.7 Å². The van der Waals surface area contributed by atoms with E-state index in [1.807, 2.05) is 6.07 Å². The summed E-state index contributed by atoms with van der Waals surface area (Å²) < 4.78 is 12.4. The molecular weight excluding hydrogens is 336 g/mol. The van der Waals surface area contributed by atoms with Crippen LogP contribution in [-0.4, -0.2) is 59.5 Å². The number of β-amino-alcohol motifs (C(OH)–C–C–N with tert-alkyl or cyclic N) is 1. The van der Waals surface area contributed by atoms with Crippen LogP contribution in [0.4, 0.5) is 0 Å². The number of nitrogens with zero attached hydrogens (tertiary/aromatic N) is 2.